The summed E-state index contributed by atoms with van der Waals surface area (Å²) < 4.78 is 0. The van der Waals surface area contributed by atoms with E-state index in [1.54, 1.807) is 31.3 Å². The number of hydrogen-bond donors (Lipinski definition) is 0. The Kier molecular flexibility index (Phi) is 6.06. The van der Waals surface area contributed by atoms with Crippen molar-refractivity contribution in [2.75, 3.05) is 12.1 Å². The van der Waals surface area contributed by atoms with Gasteiger partial charge in [0.2, 0.25) is 0 Å². The summed E-state index contributed by atoms with van der Waals surface area (Å²) in [7, 11) is 1.68. The van der Waals surface area contributed by atoms with Crippen LogP contribution in [0.3, 0.4) is 0 Å². The van der Waals surface area contributed by atoms with E-state index >= 15 is 0 Å². The molecule has 0 saturated heterocycles. The minimum absolute atomic E-state index is 0.270. The third kappa shape index (κ3) is 4.10. The second-order valence-corrected chi connectivity index (χ2v) is 6.54. The smallest absolute Gasteiger partial charge is 0.0905 e. The van der Waals surface area contributed by atoms with Crippen LogP contribution in [0.4, 0.5) is 11.4 Å². The first-order chi connectivity index (χ1) is 10.3. The quantitative estimate of drug-likeness (QED) is 0.285. The highest BCUT2D eigenvalue weighted by Crippen LogP contribution is 2.36. The molecule has 0 aliphatic carbocycles. The Morgan fingerprint density at radius 1 is 0.727 bits per heavy atom. The number of nitrogens with zero attached hydrogens (tertiary/aromatic N) is 3. The Hall–Kier alpha value is -0.420. The minimum Gasteiger partial charge on any atom is -0.250 e. The van der Waals surface area contributed by atoms with E-state index in [0.29, 0.717) is 31.5 Å². The summed E-state index contributed by atoms with van der Waals surface area (Å²) in [6.45, 7) is 0. The van der Waals surface area contributed by atoms with Crippen LogP contribution in [0.1, 0.15) is 0 Å². The Labute approximate surface area is 157 Å². The average molecular weight is 418 g/mol. The number of anilines is 1. The first-order valence-corrected chi connectivity index (χ1v) is 8.01. The number of benzene rings is 2. The van der Waals surface area contributed by atoms with Gasteiger partial charge in [0.1, 0.15) is 0 Å². The van der Waals surface area contributed by atoms with Gasteiger partial charge in [-0.2, -0.15) is 0 Å². The molecule has 2 aromatic rings. The maximum Gasteiger partial charge on any atom is 0.0905 e. The van der Waals surface area contributed by atoms with Gasteiger partial charge < -0.3 is 0 Å². The SMILES string of the molecule is CN(N=Nc1cc(Cl)c(Cl)c(Cl)c1)c1cc(Cl)c(Cl)c(Cl)c1. The fraction of sp³-hybridized carbons (Fsp3) is 0.0769. The Balaban J connectivity index is 2.27. The van der Waals surface area contributed by atoms with Gasteiger partial charge in [-0.25, -0.2) is 5.01 Å². The van der Waals surface area contributed by atoms with E-state index in [1.807, 2.05) is 0 Å². The Bertz CT molecular complexity index is 701. The third-order valence-corrected chi connectivity index (χ3v) is 5.00. The van der Waals surface area contributed by atoms with Gasteiger partial charge in [-0.1, -0.05) is 74.8 Å². The van der Waals surface area contributed by atoms with Crippen molar-refractivity contribution in [2.24, 2.45) is 10.3 Å². The topological polar surface area (TPSA) is 28.0 Å². The monoisotopic (exact) mass is 415 g/mol. The molecule has 0 amide bonds. The molecule has 0 N–H and O–H groups in total. The molecule has 0 aliphatic heterocycles. The molecule has 0 spiro atoms. The Morgan fingerprint density at radius 2 is 1.14 bits per heavy atom. The lowest BCUT2D eigenvalue weighted by Crippen LogP contribution is -2.07. The van der Waals surface area contributed by atoms with Crippen LogP contribution >= 0.6 is 69.6 Å². The van der Waals surface area contributed by atoms with Crippen LogP contribution in [0, 0.1) is 0 Å². The van der Waals surface area contributed by atoms with Gasteiger partial charge in [-0.3, -0.25) is 0 Å². The number of hydrogen-bond acceptors (Lipinski definition) is 2. The van der Waals surface area contributed by atoms with Crippen molar-refractivity contribution >= 4 is 81.0 Å². The van der Waals surface area contributed by atoms with Crippen molar-refractivity contribution in [3.05, 3.63) is 54.4 Å². The highest BCUT2D eigenvalue weighted by Gasteiger charge is 2.09. The van der Waals surface area contributed by atoms with Crippen LogP contribution in [0.5, 0.6) is 0 Å². The van der Waals surface area contributed by atoms with E-state index in [0.717, 1.165) is 0 Å². The van der Waals surface area contributed by atoms with Gasteiger partial charge in [0.05, 0.1) is 41.5 Å². The molecule has 0 aromatic heterocycles. The van der Waals surface area contributed by atoms with Crippen molar-refractivity contribution in [1.82, 2.24) is 0 Å². The second kappa shape index (κ2) is 7.43. The van der Waals surface area contributed by atoms with Crippen LogP contribution in [-0.2, 0) is 0 Å². The molecule has 0 radical (unpaired) electrons. The molecule has 116 valence electrons. The molecule has 0 aliphatic rings. The summed E-state index contributed by atoms with van der Waals surface area (Å²) >= 11 is 35.6. The molecule has 0 heterocycles. The average Bonchev–Trinajstić information content (AvgIpc) is 2.47. The third-order valence-electron chi connectivity index (χ3n) is 2.61. The lowest BCUT2D eigenvalue weighted by Gasteiger charge is -2.13. The fourth-order valence-electron chi connectivity index (χ4n) is 1.50. The lowest BCUT2D eigenvalue weighted by molar-refractivity contribution is 0.924. The van der Waals surface area contributed by atoms with Gasteiger partial charge in [0, 0.05) is 7.05 Å². The van der Waals surface area contributed by atoms with Crippen LogP contribution in [0.15, 0.2) is 34.6 Å². The minimum atomic E-state index is 0.270. The molecule has 2 aromatic carbocycles. The molecule has 0 atom stereocenters. The fourth-order valence-corrected chi connectivity index (χ4v) is 2.67. The summed E-state index contributed by atoms with van der Waals surface area (Å²) in [5, 5.41) is 11.3. The van der Waals surface area contributed by atoms with Gasteiger partial charge in [-0.05, 0) is 24.3 Å². The van der Waals surface area contributed by atoms with E-state index in [9.17, 15) is 0 Å². The van der Waals surface area contributed by atoms with Crippen LogP contribution in [0.2, 0.25) is 30.1 Å². The molecule has 0 bridgehead atoms. The van der Waals surface area contributed by atoms with Crippen molar-refractivity contribution < 1.29 is 0 Å². The zero-order valence-corrected chi connectivity index (χ0v) is 15.5. The predicted molar refractivity (Wildman–Crippen MR) is 95.9 cm³/mol. The molecular formula is C13H7Cl6N3. The first-order valence-electron chi connectivity index (χ1n) is 5.74. The molecule has 3 nitrogen and oxygen atoms in total. The van der Waals surface area contributed by atoms with Crippen molar-refractivity contribution in [3.63, 3.8) is 0 Å². The zero-order valence-electron chi connectivity index (χ0n) is 10.9. The van der Waals surface area contributed by atoms with E-state index in [-0.39, 0.29) is 10.0 Å². The predicted octanol–water partition coefficient (Wildman–Crippen LogP) is 7.74. The van der Waals surface area contributed by atoms with Crippen LogP contribution in [0.25, 0.3) is 0 Å². The molecule has 0 unspecified atom stereocenters. The maximum absolute atomic E-state index is 5.97. The number of halogens is 6. The van der Waals surface area contributed by atoms with Gasteiger partial charge in [-0.15, -0.1) is 5.11 Å². The van der Waals surface area contributed by atoms with Crippen molar-refractivity contribution in [2.45, 2.75) is 0 Å². The van der Waals surface area contributed by atoms with Crippen molar-refractivity contribution in [3.8, 4) is 0 Å². The van der Waals surface area contributed by atoms with Gasteiger partial charge >= 0.3 is 0 Å². The second-order valence-electron chi connectivity index (χ2n) is 4.16. The van der Waals surface area contributed by atoms with Gasteiger partial charge in [0.15, 0.2) is 0 Å². The number of rotatable bonds is 3. The molecule has 2 rings (SSSR count). The normalized spacial score (nSPS) is 11.2. The summed E-state index contributed by atoms with van der Waals surface area (Å²) in [5.74, 6) is 0. The van der Waals surface area contributed by atoms with E-state index in [1.165, 1.54) is 5.01 Å². The highest BCUT2D eigenvalue weighted by atomic mass is 35.5. The van der Waals surface area contributed by atoms with Crippen LogP contribution < -0.4 is 5.01 Å². The van der Waals surface area contributed by atoms with E-state index in [2.05, 4.69) is 10.3 Å². The summed E-state index contributed by atoms with van der Waals surface area (Å²) in [6.07, 6.45) is 0. The van der Waals surface area contributed by atoms with Crippen LogP contribution in [-0.4, -0.2) is 7.05 Å². The molecular weight excluding hydrogens is 411 g/mol. The lowest BCUT2D eigenvalue weighted by atomic mass is 10.3. The maximum atomic E-state index is 5.97. The van der Waals surface area contributed by atoms with E-state index in [4.69, 9.17) is 69.6 Å². The first kappa shape index (κ1) is 17.9. The van der Waals surface area contributed by atoms with Crippen molar-refractivity contribution in [1.29, 1.82) is 0 Å². The van der Waals surface area contributed by atoms with Gasteiger partial charge in [0.25, 0.3) is 0 Å². The largest absolute Gasteiger partial charge is 0.250 e. The summed E-state index contributed by atoms with van der Waals surface area (Å²) in [5.41, 5.74) is 1.08. The highest BCUT2D eigenvalue weighted by molar-refractivity contribution is 6.48. The summed E-state index contributed by atoms with van der Waals surface area (Å²) in [6, 6.07) is 6.34. The molecule has 9 heteroatoms. The Morgan fingerprint density at radius 3 is 1.59 bits per heavy atom. The zero-order chi connectivity index (χ0) is 16.4. The van der Waals surface area contributed by atoms with E-state index < -0.39 is 0 Å². The standard InChI is InChI=1S/C13H7Cl6N3/c1-22(7-4-10(16)13(19)11(17)5-7)21-20-6-2-8(14)12(18)9(15)3-6/h2-5H,1H3. The molecule has 0 saturated carbocycles. The molecule has 0 fully saturated rings. The summed E-state index contributed by atoms with van der Waals surface area (Å²) in [4.78, 5) is 0. The molecule has 22 heavy (non-hydrogen) atoms.